The van der Waals surface area contributed by atoms with Crippen molar-refractivity contribution in [3.05, 3.63) is 0 Å². The highest BCUT2D eigenvalue weighted by atomic mass is 32.2. The number of nitrogens with zero attached hydrogens (tertiary/aromatic N) is 2. The molecule has 1 rings (SSSR count). The van der Waals surface area contributed by atoms with Crippen molar-refractivity contribution < 1.29 is 13.2 Å². The number of hydrogen-bond donors (Lipinski definition) is 2. The van der Waals surface area contributed by atoms with Gasteiger partial charge >= 0.3 is 0 Å². The molecule has 7 nitrogen and oxygen atoms in total. The van der Waals surface area contributed by atoms with E-state index in [4.69, 9.17) is 0 Å². The van der Waals surface area contributed by atoms with E-state index in [0.29, 0.717) is 0 Å². The Morgan fingerprint density at radius 3 is 2.57 bits per heavy atom. The molecule has 78 valence electrons. The third-order valence-electron chi connectivity index (χ3n) is 1.19. The molecule has 0 aliphatic heterocycles. The summed E-state index contributed by atoms with van der Waals surface area (Å²) in [5.74, 6) is -0.324. The molecule has 0 aromatic carbocycles. The molecule has 1 aromatic rings. The highest BCUT2D eigenvalue weighted by Crippen LogP contribution is 2.18. The van der Waals surface area contributed by atoms with Gasteiger partial charge in [-0.1, -0.05) is 11.3 Å². The molecular weight excluding hydrogens is 228 g/mol. The summed E-state index contributed by atoms with van der Waals surface area (Å²) < 4.78 is 24.3. The zero-order valence-corrected chi connectivity index (χ0v) is 9.07. The molecule has 0 unspecified atom stereocenters. The van der Waals surface area contributed by atoms with Gasteiger partial charge in [0.1, 0.15) is 0 Å². The maximum absolute atomic E-state index is 11.2. The van der Waals surface area contributed by atoms with Crippen LogP contribution in [0.5, 0.6) is 0 Å². The number of anilines is 1. The molecule has 0 spiro atoms. The highest BCUT2D eigenvalue weighted by Gasteiger charge is 2.17. The van der Waals surface area contributed by atoms with Crippen molar-refractivity contribution in [3.8, 4) is 0 Å². The summed E-state index contributed by atoms with van der Waals surface area (Å²) in [5.41, 5.74) is 0. The number of sulfonamides is 1. The van der Waals surface area contributed by atoms with Crippen molar-refractivity contribution in [3.63, 3.8) is 0 Å². The normalized spacial score (nSPS) is 11.3. The van der Waals surface area contributed by atoms with Crippen LogP contribution in [0.1, 0.15) is 6.92 Å². The van der Waals surface area contributed by atoms with E-state index in [1.165, 1.54) is 14.0 Å². The Morgan fingerprint density at radius 2 is 2.07 bits per heavy atom. The van der Waals surface area contributed by atoms with E-state index in [2.05, 4.69) is 20.2 Å². The smallest absolute Gasteiger partial charge is 0.269 e. The highest BCUT2D eigenvalue weighted by molar-refractivity contribution is 7.91. The minimum absolute atomic E-state index is 0.159. The molecule has 1 aromatic heterocycles. The fourth-order valence-electron chi connectivity index (χ4n) is 0.607. The predicted octanol–water partition coefficient (Wildman–Crippen LogP) is -0.595. The van der Waals surface area contributed by atoms with Crippen LogP contribution in [0, 0.1) is 0 Å². The summed E-state index contributed by atoms with van der Waals surface area (Å²) in [6.07, 6.45) is 0. The number of carbonyl (C=O) groups is 1. The average Bonchev–Trinajstić information content (AvgIpc) is 2.52. The van der Waals surface area contributed by atoms with Gasteiger partial charge in [0.15, 0.2) is 0 Å². The Labute approximate surface area is 84.6 Å². The van der Waals surface area contributed by atoms with Crippen molar-refractivity contribution >= 4 is 32.4 Å². The summed E-state index contributed by atoms with van der Waals surface area (Å²) in [4.78, 5) is 10.6. The Balaban J connectivity index is 2.94. The first-order valence-electron chi connectivity index (χ1n) is 3.50. The minimum atomic E-state index is -3.57. The number of amides is 1. The number of rotatable bonds is 3. The van der Waals surface area contributed by atoms with E-state index < -0.39 is 10.0 Å². The number of nitrogens with one attached hydrogen (secondary N) is 2. The van der Waals surface area contributed by atoms with Crippen LogP contribution in [0.15, 0.2) is 4.34 Å². The van der Waals surface area contributed by atoms with E-state index in [1.807, 2.05) is 0 Å². The van der Waals surface area contributed by atoms with Gasteiger partial charge in [-0.25, -0.2) is 13.1 Å². The maximum atomic E-state index is 11.2. The van der Waals surface area contributed by atoms with Crippen molar-refractivity contribution in [2.45, 2.75) is 11.3 Å². The van der Waals surface area contributed by atoms with Gasteiger partial charge in [0.25, 0.3) is 10.0 Å². The first-order valence-corrected chi connectivity index (χ1v) is 5.80. The van der Waals surface area contributed by atoms with Crippen LogP contribution in [0.3, 0.4) is 0 Å². The largest absolute Gasteiger partial charge is 0.301 e. The Kier molecular flexibility index (Phi) is 3.13. The lowest BCUT2D eigenvalue weighted by molar-refractivity contribution is -0.114. The summed E-state index contributed by atoms with van der Waals surface area (Å²) in [6, 6.07) is 0. The van der Waals surface area contributed by atoms with Crippen LogP contribution in [0.25, 0.3) is 0 Å². The zero-order valence-electron chi connectivity index (χ0n) is 7.44. The van der Waals surface area contributed by atoms with Gasteiger partial charge in [-0.05, 0) is 7.05 Å². The predicted molar refractivity (Wildman–Crippen MR) is 50.5 cm³/mol. The van der Waals surface area contributed by atoms with E-state index in [-0.39, 0.29) is 15.4 Å². The molecule has 0 aliphatic rings. The summed E-state index contributed by atoms with van der Waals surface area (Å²) in [7, 11) is -2.30. The molecule has 0 aliphatic carbocycles. The van der Waals surface area contributed by atoms with Gasteiger partial charge < -0.3 is 5.32 Å². The van der Waals surface area contributed by atoms with Crippen LogP contribution in [-0.4, -0.2) is 31.6 Å². The Bertz CT molecular complexity index is 438. The third-order valence-corrected chi connectivity index (χ3v) is 3.81. The van der Waals surface area contributed by atoms with Gasteiger partial charge in [0.2, 0.25) is 15.4 Å². The molecule has 1 amide bonds. The van der Waals surface area contributed by atoms with Crippen LogP contribution in [-0.2, 0) is 14.8 Å². The zero-order chi connectivity index (χ0) is 10.8. The van der Waals surface area contributed by atoms with Gasteiger partial charge in [0.05, 0.1) is 0 Å². The number of carbonyl (C=O) groups excluding carboxylic acids is 1. The minimum Gasteiger partial charge on any atom is -0.301 e. The van der Waals surface area contributed by atoms with Crippen LogP contribution < -0.4 is 10.0 Å². The third kappa shape index (κ3) is 2.47. The second-order valence-corrected chi connectivity index (χ2v) is 5.30. The molecule has 0 fully saturated rings. The molecule has 14 heavy (non-hydrogen) atoms. The fraction of sp³-hybridized carbons (Fsp3) is 0.400. The molecule has 2 N–H and O–H groups in total. The van der Waals surface area contributed by atoms with Crippen LogP contribution in [0.4, 0.5) is 5.13 Å². The number of hydrogen-bond acceptors (Lipinski definition) is 6. The molecular formula is C5H8N4O3S2. The maximum Gasteiger partial charge on any atom is 0.269 e. The van der Waals surface area contributed by atoms with Crippen LogP contribution >= 0.6 is 11.3 Å². The summed E-state index contributed by atoms with van der Waals surface area (Å²) in [6.45, 7) is 1.30. The molecule has 0 saturated heterocycles. The van der Waals surface area contributed by atoms with Gasteiger partial charge in [-0.3, -0.25) is 4.79 Å². The molecule has 9 heteroatoms. The second-order valence-electron chi connectivity index (χ2n) is 2.26. The van der Waals surface area contributed by atoms with Crippen LogP contribution in [0.2, 0.25) is 0 Å². The summed E-state index contributed by atoms with van der Waals surface area (Å²) in [5, 5.41) is 9.40. The molecule has 1 heterocycles. The van der Waals surface area contributed by atoms with Gasteiger partial charge in [-0.2, -0.15) is 0 Å². The van der Waals surface area contributed by atoms with E-state index in [0.717, 1.165) is 11.3 Å². The lowest BCUT2D eigenvalue weighted by Gasteiger charge is -1.93. The Morgan fingerprint density at radius 1 is 1.43 bits per heavy atom. The molecule has 0 bridgehead atoms. The molecule has 0 saturated carbocycles. The van der Waals surface area contributed by atoms with E-state index in [1.54, 1.807) is 0 Å². The summed E-state index contributed by atoms with van der Waals surface area (Å²) >= 11 is 0.788. The Hall–Kier alpha value is -1.06. The van der Waals surface area contributed by atoms with Gasteiger partial charge in [-0.15, -0.1) is 10.2 Å². The molecule has 0 atom stereocenters. The number of aromatic nitrogens is 2. The monoisotopic (exact) mass is 236 g/mol. The second kappa shape index (κ2) is 3.98. The topological polar surface area (TPSA) is 101 Å². The van der Waals surface area contributed by atoms with Crippen molar-refractivity contribution in [1.29, 1.82) is 0 Å². The molecule has 0 radical (unpaired) electrons. The average molecular weight is 236 g/mol. The van der Waals surface area contributed by atoms with Crippen molar-refractivity contribution in [2.75, 3.05) is 12.4 Å². The quantitative estimate of drug-likeness (QED) is 0.683. The SMILES string of the molecule is CNS(=O)(=O)c1nnc(NC(C)=O)s1. The van der Waals surface area contributed by atoms with Crippen molar-refractivity contribution in [2.24, 2.45) is 0 Å². The lowest BCUT2D eigenvalue weighted by Crippen LogP contribution is -2.18. The standard InChI is InChI=1S/C5H8N4O3S2/c1-3(10)7-4-8-9-5(13-4)14(11,12)6-2/h6H,1-2H3,(H,7,8,10). The fourth-order valence-corrected chi connectivity index (χ4v) is 2.38. The van der Waals surface area contributed by atoms with Gasteiger partial charge in [0, 0.05) is 6.92 Å². The first-order chi connectivity index (χ1) is 6.45. The lowest BCUT2D eigenvalue weighted by atomic mass is 10.7. The van der Waals surface area contributed by atoms with Crippen molar-refractivity contribution in [1.82, 2.24) is 14.9 Å². The van der Waals surface area contributed by atoms with E-state index in [9.17, 15) is 13.2 Å². The first kappa shape index (κ1) is 11.0. The van der Waals surface area contributed by atoms with E-state index >= 15 is 0 Å².